The van der Waals surface area contributed by atoms with Gasteiger partial charge in [0.25, 0.3) is 5.91 Å². The van der Waals surface area contributed by atoms with Crippen LogP contribution >= 0.6 is 11.6 Å². The highest BCUT2D eigenvalue weighted by Crippen LogP contribution is 2.23. The molecule has 0 aliphatic heterocycles. The van der Waals surface area contributed by atoms with Crippen molar-refractivity contribution in [3.63, 3.8) is 0 Å². The quantitative estimate of drug-likeness (QED) is 0.678. The minimum Gasteiger partial charge on any atom is -0.354 e. The number of anilines is 3. The van der Waals surface area contributed by atoms with Crippen LogP contribution in [0.3, 0.4) is 0 Å². The summed E-state index contributed by atoms with van der Waals surface area (Å²) in [5, 5.41) is 6.58. The highest BCUT2D eigenvalue weighted by atomic mass is 35.5. The number of carbonyl (C=O) groups is 1. The first kappa shape index (κ1) is 16.9. The lowest BCUT2D eigenvalue weighted by molar-refractivity contribution is 0.102. The zero-order valence-electron chi connectivity index (χ0n) is 13.4. The van der Waals surface area contributed by atoms with E-state index < -0.39 is 0 Å². The van der Waals surface area contributed by atoms with E-state index in [4.69, 9.17) is 11.6 Å². The SMILES string of the molecule is Cc1cc(Cl)ccc1Nc1cncc(C(=O)Nc2ccc(F)cc2)c1. The molecule has 1 aromatic heterocycles. The number of aromatic nitrogens is 1. The summed E-state index contributed by atoms with van der Waals surface area (Å²) in [7, 11) is 0. The molecule has 3 rings (SSSR count). The van der Waals surface area contributed by atoms with Crippen LogP contribution in [-0.4, -0.2) is 10.9 Å². The summed E-state index contributed by atoms with van der Waals surface area (Å²) in [5.74, 6) is -0.681. The molecular weight excluding hydrogens is 341 g/mol. The van der Waals surface area contributed by atoms with Crippen molar-refractivity contribution >= 4 is 34.6 Å². The number of hydrogen-bond acceptors (Lipinski definition) is 3. The van der Waals surface area contributed by atoms with Gasteiger partial charge in [-0.1, -0.05) is 11.6 Å². The van der Waals surface area contributed by atoms with Crippen LogP contribution < -0.4 is 10.6 Å². The molecule has 3 aromatic rings. The third-order valence-corrected chi connectivity index (χ3v) is 3.81. The summed E-state index contributed by atoms with van der Waals surface area (Å²) in [6.45, 7) is 1.94. The Hall–Kier alpha value is -2.92. The number of amides is 1. The molecule has 25 heavy (non-hydrogen) atoms. The molecule has 0 unspecified atom stereocenters. The van der Waals surface area contributed by atoms with Crippen molar-refractivity contribution in [3.8, 4) is 0 Å². The highest BCUT2D eigenvalue weighted by molar-refractivity contribution is 6.30. The number of carbonyl (C=O) groups excluding carboxylic acids is 1. The van der Waals surface area contributed by atoms with E-state index in [2.05, 4.69) is 15.6 Å². The van der Waals surface area contributed by atoms with Crippen LogP contribution in [0.25, 0.3) is 0 Å². The number of rotatable bonds is 4. The minimum atomic E-state index is -0.357. The van der Waals surface area contributed by atoms with Crippen molar-refractivity contribution < 1.29 is 9.18 Å². The number of pyridine rings is 1. The Morgan fingerprint density at radius 2 is 1.80 bits per heavy atom. The van der Waals surface area contributed by atoms with Crippen molar-refractivity contribution in [2.24, 2.45) is 0 Å². The molecule has 6 heteroatoms. The fraction of sp³-hybridized carbons (Fsp3) is 0.0526. The molecule has 4 nitrogen and oxygen atoms in total. The predicted octanol–water partition coefficient (Wildman–Crippen LogP) is 5.18. The van der Waals surface area contributed by atoms with Gasteiger partial charge in [-0.2, -0.15) is 0 Å². The number of benzene rings is 2. The maximum Gasteiger partial charge on any atom is 0.257 e. The molecular formula is C19H15ClFN3O. The molecule has 2 N–H and O–H groups in total. The summed E-state index contributed by atoms with van der Waals surface area (Å²) in [4.78, 5) is 16.4. The van der Waals surface area contributed by atoms with Crippen LogP contribution in [0, 0.1) is 12.7 Å². The normalized spacial score (nSPS) is 10.4. The van der Waals surface area contributed by atoms with Crippen molar-refractivity contribution in [2.75, 3.05) is 10.6 Å². The average Bonchev–Trinajstić information content (AvgIpc) is 2.60. The molecule has 126 valence electrons. The van der Waals surface area contributed by atoms with Crippen LogP contribution in [0.15, 0.2) is 60.9 Å². The smallest absolute Gasteiger partial charge is 0.257 e. The summed E-state index contributed by atoms with van der Waals surface area (Å²) < 4.78 is 12.9. The lowest BCUT2D eigenvalue weighted by Gasteiger charge is -2.11. The summed E-state index contributed by atoms with van der Waals surface area (Å²) in [6, 6.07) is 12.8. The van der Waals surface area contributed by atoms with E-state index in [0.717, 1.165) is 11.3 Å². The van der Waals surface area contributed by atoms with Crippen LogP contribution in [0.2, 0.25) is 5.02 Å². The van der Waals surface area contributed by atoms with Gasteiger partial charge in [-0.25, -0.2) is 4.39 Å². The van der Waals surface area contributed by atoms with Gasteiger partial charge in [0, 0.05) is 22.6 Å². The minimum absolute atomic E-state index is 0.324. The van der Waals surface area contributed by atoms with Crippen LogP contribution in [0.1, 0.15) is 15.9 Å². The second-order valence-electron chi connectivity index (χ2n) is 5.51. The van der Waals surface area contributed by atoms with Gasteiger partial charge < -0.3 is 10.6 Å². The summed E-state index contributed by atoms with van der Waals surface area (Å²) >= 11 is 5.96. The Bertz CT molecular complexity index is 913. The molecule has 2 aromatic carbocycles. The maximum atomic E-state index is 12.9. The fourth-order valence-electron chi connectivity index (χ4n) is 2.29. The van der Waals surface area contributed by atoms with Crippen molar-refractivity contribution in [1.82, 2.24) is 4.98 Å². The number of hydrogen-bond donors (Lipinski definition) is 2. The molecule has 0 saturated carbocycles. The van der Waals surface area contributed by atoms with Crippen LogP contribution in [-0.2, 0) is 0 Å². The Kier molecular flexibility index (Phi) is 4.95. The zero-order valence-corrected chi connectivity index (χ0v) is 14.1. The Labute approximate surface area is 149 Å². The van der Waals surface area contributed by atoms with Gasteiger partial charge in [0.05, 0.1) is 17.4 Å². The van der Waals surface area contributed by atoms with Crippen molar-refractivity contribution in [3.05, 3.63) is 82.9 Å². The molecule has 0 aliphatic rings. The number of halogens is 2. The van der Waals surface area contributed by atoms with E-state index in [-0.39, 0.29) is 11.7 Å². The first-order valence-electron chi connectivity index (χ1n) is 7.56. The number of nitrogens with one attached hydrogen (secondary N) is 2. The third kappa shape index (κ3) is 4.33. The predicted molar refractivity (Wildman–Crippen MR) is 98.1 cm³/mol. The maximum absolute atomic E-state index is 12.9. The Morgan fingerprint density at radius 1 is 1.04 bits per heavy atom. The molecule has 0 bridgehead atoms. The van der Waals surface area contributed by atoms with E-state index >= 15 is 0 Å². The van der Waals surface area contributed by atoms with E-state index in [1.54, 1.807) is 18.3 Å². The molecule has 0 radical (unpaired) electrons. The molecule has 0 fully saturated rings. The molecule has 1 amide bonds. The number of nitrogens with zero attached hydrogens (tertiary/aromatic N) is 1. The van der Waals surface area contributed by atoms with Gasteiger partial charge in [-0.05, 0) is 61.0 Å². The summed E-state index contributed by atoms with van der Waals surface area (Å²) in [6.07, 6.45) is 3.10. The highest BCUT2D eigenvalue weighted by Gasteiger charge is 2.09. The fourth-order valence-corrected chi connectivity index (χ4v) is 2.52. The van der Waals surface area contributed by atoms with Gasteiger partial charge in [0.15, 0.2) is 0 Å². The van der Waals surface area contributed by atoms with Gasteiger partial charge in [-0.15, -0.1) is 0 Å². The summed E-state index contributed by atoms with van der Waals surface area (Å²) in [5.41, 5.74) is 3.44. The van der Waals surface area contributed by atoms with Crippen molar-refractivity contribution in [1.29, 1.82) is 0 Å². The Balaban J connectivity index is 1.76. The van der Waals surface area contributed by atoms with E-state index in [0.29, 0.717) is 22.0 Å². The van der Waals surface area contributed by atoms with Gasteiger partial charge >= 0.3 is 0 Å². The molecule has 0 atom stereocenters. The average molecular weight is 356 g/mol. The first-order valence-corrected chi connectivity index (χ1v) is 7.94. The molecule has 0 saturated heterocycles. The largest absolute Gasteiger partial charge is 0.354 e. The molecule has 1 heterocycles. The number of aryl methyl sites for hydroxylation is 1. The Morgan fingerprint density at radius 3 is 2.52 bits per heavy atom. The van der Waals surface area contributed by atoms with E-state index in [9.17, 15) is 9.18 Å². The third-order valence-electron chi connectivity index (χ3n) is 3.57. The van der Waals surface area contributed by atoms with Gasteiger partial charge in [0.2, 0.25) is 0 Å². The molecule has 0 spiro atoms. The monoisotopic (exact) mass is 355 g/mol. The first-order chi connectivity index (χ1) is 12.0. The van der Waals surface area contributed by atoms with E-state index in [1.165, 1.54) is 30.5 Å². The second-order valence-corrected chi connectivity index (χ2v) is 5.94. The van der Waals surface area contributed by atoms with Crippen molar-refractivity contribution in [2.45, 2.75) is 6.92 Å². The van der Waals surface area contributed by atoms with Crippen LogP contribution in [0.4, 0.5) is 21.5 Å². The van der Waals surface area contributed by atoms with E-state index in [1.807, 2.05) is 19.1 Å². The topological polar surface area (TPSA) is 54.0 Å². The zero-order chi connectivity index (χ0) is 17.8. The standard InChI is InChI=1S/C19H15ClFN3O/c1-12-8-14(20)2-7-18(12)23-17-9-13(10-22-11-17)19(25)24-16-5-3-15(21)4-6-16/h2-11,23H,1H3,(H,24,25). The van der Waals surface area contributed by atoms with Crippen LogP contribution in [0.5, 0.6) is 0 Å². The van der Waals surface area contributed by atoms with Gasteiger partial charge in [-0.3, -0.25) is 9.78 Å². The molecule has 0 aliphatic carbocycles. The second kappa shape index (κ2) is 7.32. The van der Waals surface area contributed by atoms with Gasteiger partial charge in [0.1, 0.15) is 5.82 Å². The lowest BCUT2D eigenvalue weighted by atomic mass is 10.2. The lowest BCUT2D eigenvalue weighted by Crippen LogP contribution is -2.12.